The fourth-order valence-electron chi connectivity index (χ4n) is 3.31. The van der Waals surface area contributed by atoms with Gasteiger partial charge in [0.1, 0.15) is 0 Å². The molecule has 0 atom stereocenters. The van der Waals surface area contributed by atoms with Gasteiger partial charge in [0.2, 0.25) is 0 Å². The fraction of sp³-hybridized carbons (Fsp3) is 0.588. The number of hydrogen-bond donors (Lipinski definition) is 2. The normalized spacial score (nSPS) is 15.7. The summed E-state index contributed by atoms with van der Waals surface area (Å²) in [7, 11) is 0. The molecule has 1 aliphatic carbocycles. The molecule has 1 saturated carbocycles. The maximum absolute atomic E-state index is 12.5. The van der Waals surface area contributed by atoms with Crippen molar-refractivity contribution in [3.8, 4) is 0 Å². The molecule has 124 valence electrons. The predicted octanol–water partition coefficient (Wildman–Crippen LogP) is 2.99. The van der Waals surface area contributed by atoms with Crippen LogP contribution in [0.2, 0.25) is 0 Å². The number of nitrogens with zero attached hydrogens (tertiary/aromatic N) is 3. The third-order valence-corrected chi connectivity index (χ3v) is 4.52. The van der Waals surface area contributed by atoms with E-state index >= 15 is 0 Å². The molecular formula is C17H25N5O. The summed E-state index contributed by atoms with van der Waals surface area (Å²) in [6.45, 7) is 3.52. The van der Waals surface area contributed by atoms with Crippen LogP contribution in [0.4, 0.5) is 0 Å². The van der Waals surface area contributed by atoms with Crippen LogP contribution in [0.25, 0.3) is 0 Å². The summed E-state index contributed by atoms with van der Waals surface area (Å²) in [6, 6.07) is 0. The lowest BCUT2D eigenvalue weighted by atomic mass is 9.85. The van der Waals surface area contributed by atoms with Crippen molar-refractivity contribution in [2.75, 3.05) is 0 Å². The van der Waals surface area contributed by atoms with Gasteiger partial charge in [-0.1, -0.05) is 26.2 Å². The molecule has 2 heterocycles. The summed E-state index contributed by atoms with van der Waals surface area (Å²) >= 11 is 0. The lowest BCUT2D eigenvalue weighted by Crippen LogP contribution is -2.24. The predicted molar refractivity (Wildman–Crippen MR) is 88.1 cm³/mol. The highest BCUT2D eigenvalue weighted by molar-refractivity contribution is 5.95. The van der Waals surface area contributed by atoms with Crippen molar-refractivity contribution < 1.29 is 4.79 Å². The van der Waals surface area contributed by atoms with Crippen LogP contribution in [0.15, 0.2) is 18.6 Å². The molecule has 3 rings (SSSR count). The van der Waals surface area contributed by atoms with Crippen molar-refractivity contribution in [2.45, 2.75) is 64.5 Å². The van der Waals surface area contributed by atoms with Gasteiger partial charge >= 0.3 is 0 Å². The first kappa shape index (κ1) is 15.8. The Morgan fingerprint density at radius 2 is 2.17 bits per heavy atom. The molecule has 6 nitrogen and oxygen atoms in total. The first-order chi connectivity index (χ1) is 11.3. The van der Waals surface area contributed by atoms with Gasteiger partial charge in [-0.25, -0.2) is 0 Å². The van der Waals surface area contributed by atoms with E-state index in [1.165, 1.54) is 19.3 Å². The van der Waals surface area contributed by atoms with Gasteiger partial charge in [0.25, 0.3) is 5.91 Å². The van der Waals surface area contributed by atoms with E-state index in [4.69, 9.17) is 0 Å². The van der Waals surface area contributed by atoms with Crippen LogP contribution in [0.1, 0.15) is 73.0 Å². The summed E-state index contributed by atoms with van der Waals surface area (Å²) in [5.41, 5.74) is 2.72. The van der Waals surface area contributed by atoms with Gasteiger partial charge in [0, 0.05) is 30.8 Å². The second-order valence-electron chi connectivity index (χ2n) is 6.33. The third-order valence-electron chi connectivity index (χ3n) is 4.52. The molecule has 0 saturated heterocycles. The van der Waals surface area contributed by atoms with Crippen molar-refractivity contribution in [1.29, 1.82) is 0 Å². The summed E-state index contributed by atoms with van der Waals surface area (Å²) in [5.74, 6) is 0.391. The molecule has 0 aromatic carbocycles. The third kappa shape index (κ3) is 3.81. The smallest absolute Gasteiger partial charge is 0.255 e. The van der Waals surface area contributed by atoms with E-state index < -0.39 is 0 Å². The Labute approximate surface area is 136 Å². The van der Waals surface area contributed by atoms with Crippen LogP contribution in [-0.2, 0) is 13.1 Å². The maximum atomic E-state index is 12.5. The average molecular weight is 315 g/mol. The second-order valence-corrected chi connectivity index (χ2v) is 6.33. The van der Waals surface area contributed by atoms with Crippen molar-refractivity contribution in [2.24, 2.45) is 0 Å². The first-order valence-corrected chi connectivity index (χ1v) is 8.60. The van der Waals surface area contributed by atoms with Gasteiger partial charge in [-0.3, -0.25) is 14.6 Å². The molecule has 1 amide bonds. The Bertz CT molecular complexity index is 639. The number of aromatic amines is 1. The lowest BCUT2D eigenvalue weighted by molar-refractivity contribution is 0.0949. The van der Waals surface area contributed by atoms with Gasteiger partial charge in [-0.05, 0) is 19.3 Å². The second kappa shape index (κ2) is 7.44. The highest BCUT2D eigenvalue weighted by Crippen LogP contribution is 2.33. The average Bonchev–Trinajstić information content (AvgIpc) is 3.23. The maximum Gasteiger partial charge on any atom is 0.255 e. The minimum absolute atomic E-state index is 0.0532. The molecule has 2 aromatic rings. The van der Waals surface area contributed by atoms with E-state index in [2.05, 4.69) is 27.5 Å². The van der Waals surface area contributed by atoms with E-state index in [0.717, 1.165) is 37.1 Å². The Morgan fingerprint density at radius 1 is 1.35 bits per heavy atom. The first-order valence-electron chi connectivity index (χ1n) is 8.60. The van der Waals surface area contributed by atoms with Gasteiger partial charge in [-0.15, -0.1) is 0 Å². The van der Waals surface area contributed by atoms with Crippen molar-refractivity contribution in [3.05, 3.63) is 35.4 Å². The van der Waals surface area contributed by atoms with Crippen LogP contribution < -0.4 is 5.32 Å². The quantitative estimate of drug-likeness (QED) is 0.860. The van der Waals surface area contributed by atoms with E-state index in [1.807, 2.05) is 17.1 Å². The van der Waals surface area contributed by atoms with E-state index in [9.17, 15) is 4.79 Å². The molecule has 0 unspecified atom stereocenters. The number of carbonyl (C=O) groups is 1. The van der Waals surface area contributed by atoms with E-state index in [1.54, 1.807) is 6.20 Å². The Hall–Kier alpha value is -2.11. The van der Waals surface area contributed by atoms with Gasteiger partial charge in [0.05, 0.1) is 23.7 Å². The SMILES string of the molecule is CCCn1cc(CNC(=O)c2cn[nH]c2C2CCCCC2)cn1. The van der Waals surface area contributed by atoms with E-state index in [-0.39, 0.29) is 5.91 Å². The highest BCUT2D eigenvalue weighted by atomic mass is 16.1. The zero-order valence-corrected chi connectivity index (χ0v) is 13.7. The molecule has 2 N–H and O–H groups in total. The Morgan fingerprint density at radius 3 is 2.96 bits per heavy atom. The van der Waals surface area contributed by atoms with Crippen LogP contribution >= 0.6 is 0 Å². The standard InChI is InChI=1S/C17H25N5O/c1-2-8-22-12-13(10-20-22)9-18-17(23)15-11-19-21-16(15)14-6-4-3-5-7-14/h10-12,14H,2-9H2,1H3,(H,18,23)(H,19,21). The van der Waals surface area contributed by atoms with Crippen molar-refractivity contribution in [1.82, 2.24) is 25.3 Å². The molecule has 2 aromatic heterocycles. The molecule has 0 radical (unpaired) electrons. The summed E-state index contributed by atoms with van der Waals surface area (Å²) in [5, 5.41) is 14.4. The van der Waals surface area contributed by atoms with Crippen molar-refractivity contribution in [3.63, 3.8) is 0 Å². The summed E-state index contributed by atoms with van der Waals surface area (Å²) < 4.78 is 1.91. The number of hydrogen-bond acceptors (Lipinski definition) is 3. The fourth-order valence-corrected chi connectivity index (χ4v) is 3.31. The number of aromatic nitrogens is 4. The molecule has 1 aliphatic rings. The molecule has 0 bridgehead atoms. The van der Waals surface area contributed by atoms with Crippen LogP contribution in [0.5, 0.6) is 0 Å². The number of H-pyrrole nitrogens is 1. The minimum Gasteiger partial charge on any atom is -0.348 e. The molecule has 23 heavy (non-hydrogen) atoms. The largest absolute Gasteiger partial charge is 0.348 e. The van der Waals surface area contributed by atoms with Crippen LogP contribution in [-0.4, -0.2) is 25.9 Å². The molecule has 1 fully saturated rings. The zero-order valence-electron chi connectivity index (χ0n) is 13.7. The molecule has 0 spiro atoms. The van der Waals surface area contributed by atoms with E-state index in [0.29, 0.717) is 18.0 Å². The van der Waals surface area contributed by atoms with Crippen LogP contribution in [0, 0.1) is 0 Å². The Balaban J connectivity index is 1.60. The van der Waals surface area contributed by atoms with Gasteiger partial charge in [-0.2, -0.15) is 10.2 Å². The highest BCUT2D eigenvalue weighted by Gasteiger charge is 2.23. The molecule has 6 heteroatoms. The van der Waals surface area contributed by atoms with Gasteiger partial charge in [0.15, 0.2) is 0 Å². The lowest BCUT2D eigenvalue weighted by Gasteiger charge is -2.21. The Kier molecular flexibility index (Phi) is 5.10. The van der Waals surface area contributed by atoms with Crippen molar-refractivity contribution >= 4 is 5.91 Å². The summed E-state index contributed by atoms with van der Waals surface area (Å²) in [6.07, 6.45) is 12.6. The number of aryl methyl sites for hydroxylation is 1. The summed E-state index contributed by atoms with van der Waals surface area (Å²) in [4.78, 5) is 12.5. The van der Waals surface area contributed by atoms with Gasteiger partial charge < -0.3 is 5.32 Å². The van der Waals surface area contributed by atoms with Crippen LogP contribution in [0.3, 0.4) is 0 Å². The number of amides is 1. The number of rotatable bonds is 6. The topological polar surface area (TPSA) is 75.6 Å². The zero-order chi connectivity index (χ0) is 16.1. The minimum atomic E-state index is -0.0532. The monoisotopic (exact) mass is 315 g/mol. The number of carbonyl (C=O) groups excluding carboxylic acids is 1. The molecule has 0 aliphatic heterocycles. The number of nitrogens with one attached hydrogen (secondary N) is 2. The molecular weight excluding hydrogens is 290 g/mol.